The Morgan fingerprint density at radius 1 is 0.870 bits per heavy atom. The van der Waals surface area contributed by atoms with Crippen LogP contribution in [0, 0.1) is 5.92 Å². The highest BCUT2D eigenvalue weighted by Crippen LogP contribution is 2.36. The SMILES string of the molecule is C[C@@H]1CN([C@@H](C)CO)C(=O)c2cccc(NC(=O)Cc3ccc(C(F)(F)F)cc3)c2O[C@@H]1CN(C)Cc1ccc(N(C)c2ccc(C(F)(F)F)cc2)cc1. The fourth-order valence-electron chi connectivity index (χ4n) is 6.28. The standard InChI is InChI=1S/C40H42F6N4O4/c1-25-21-50(26(2)24-51)38(53)33-6-5-7-34(47-36(52)20-27-8-12-29(13-9-27)39(41,42)43)37(33)54-35(25)23-48(3)22-28-10-16-31(17-11-28)49(4)32-18-14-30(15-19-32)40(44,45)46/h5-19,25-26,35,51H,20-24H2,1-4H3,(H,47,52)/t25-,26+,35-/m1/s1. The Labute approximate surface area is 309 Å². The molecule has 0 aromatic heterocycles. The van der Waals surface area contributed by atoms with Crippen LogP contribution in [0.15, 0.2) is 91.0 Å². The van der Waals surface area contributed by atoms with Gasteiger partial charge in [0.25, 0.3) is 5.91 Å². The van der Waals surface area contributed by atoms with Gasteiger partial charge in [-0.1, -0.05) is 37.3 Å². The first-order chi connectivity index (χ1) is 25.4. The smallest absolute Gasteiger partial charge is 0.416 e. The summed E-state index contributed by atoms with van der Waals surface area (Å²) in [6.07, 6.45) is -9.63. The van der Waals surface area contributed by atoms with E-state index >= 15 is 0 Å². The van der Waals surface area contributed by atoms with Gasteiger partial charge in [-0.15, -0.1) is 0 Å². The maximum Gasteiger partial charge on any atom is 0.416 e. The van der Waals surface area contributed by atoms with Crippen LogP contribution in [0.4, 0.5) is 43.4 Å². The van der Waals surface area contributed by atoms with Gasteiger partial charge in [-0.25, -0.2) is 0 Å². The van der Waals surface area contributed by atoms with E-state index in [0.29, 0.717) is 24.3 Å². The van der Waals surface area contributed by atoms with Gasteiger partial charge < -0.3 is 25.0 Å². The van der Waals surface area contributed by atoms with Crippen LogP contribution >= 0.6 is 0 Å². The fourth-order valence-corrected chi connectivity index (χ4v) is 6.28. The minimum Gasteiger partial charge on any atom is -0.486 e. The zero-order valence-electron chi connectivity index (χ0n) is 30.2. The van der Waals surface area contributed by atoms with E-state index in [1.54, 1.807) is 42.0 Å². The second-order valence-corrected chi connectivity index (χ2v) is 13.7. The number of benzene rings is 4. The lowest BCUT2D eigenvalue weighted by Gasteiger charge is -2.38. The highest BCUT2D eigenvalue weighted by molar-refractivity contribution is 6.02. The summed E-state index contributed by atoms with van der Waals surface area (Å²) < 4.78 is 84.7. The topological polar surface area (TPSA) is 85.3 Å². The lowest BCUT2D eigenvalue weighted by atomic mass is 9.98. The molecule has 8 nitrogen and oxygen atoms in total. The summed E-state index contributed by atoms with van der Waals surface area (Å²) in [7, 11) is 3.68. The van der Waals surface area contributed by atoms with Crippen LogP contribution in [-0.4, -0.2) is 72.7 Å². The number of amides is 2. The first kappa shape index (κ1) is 40.1. The quantitative estimate of drug-likeness (QED) is 0.151. The molecule has 1 aliphatic heterocycles. The molecule has 4 aromatic carbocycles. The van der Waals surface area contributed by atoms with Crippen molar-refractivity contribution in [3.8, 4) is 5.75 Å². The van der Waals surface area contributed by atoms with E-state index in [2.05, 4.69) is 5.32 Å². The summed E-state index contributed by atoms with van der Waals surface area (Å²) in [6.45, 7) is 4.59. The Hall–Kier alpha value is -5.08. The molecule has 14 heteroatoms. The largest absolute Gasteiger partial charge is 0.486 e. The molecule has 5 rings (SSSR count). The number of carbonyl (C=O) groups is 2. The molecule has 0 saturated heterocycles. The summed E-state index contributed by atoms with van der Waals surface area (Å²) >= 11 is 0. The summed E-state index contributed by atoms with van der Waals surface area (Å²) in [5.74, 6) is -0.977. The van der Waals surface area contributed by atoms with Gasteiger partial charge in [0.1, 0.15) is 6.10 Å². The average Bonchev–Trinajstić information content (AvgIpc) is 3.12. The molecule has 54 heavy (non-hydrogen) atoms. The maximum absolute atomic E-state index is 13.8. The van der Waals surface area contributed by atoms with Gasteiger partial charge in [-0.2, -0.15) is 26.3 Å². The van der Waals surface area contributed by atoms with Crippen molar-refractivity contribution in [1.29, 1.82) is 0 Å². The highest BCUT2D eigenvalue weighted by atomic mass is 19.4. The number of nitrogens with zero attached hydrogens (tertiary/aromatic N) is 3. The number of aliphatic hydroxyl groups excluding tert-OH is 1. The average molecular weight is 757 g/mol. The van der Waals surface area contributed by atoms with Crippen molar-refractivity contribution >= 4 is 28.9 Å². The zero-order chi connectivity index (χ0) is 39.4. The number of hydrogen-bond donors (Lipinski definition) is 2. The van der Waals surface area contributed by atoms with E-state index < -0.39 is 41.5 Å². The van der Waals surface area contributed by atoms with Gasteiger partial charge in [-0.3, -0.25) is 14.5 Å². The normalized spacial score (nSPS) is 17.0. The van der Waals surface area contributed by atoms with Gasteiger partial charge in [0.2, 0.25) is 5.91 Å². The molecule has 0 aliphatic carbocycles. The third kappa shape index (κ3) is 9.71. The number of fused-ring (bicyclic) bond motifs is 1. The number of aliphatic hydroxyl groups is 1. The summed E-state index contributed by atoms with van der Waals surface area (Å²) in [5, 5.41) is 12.8. The number of ether oxygens (including phenoxy) is 1. The van der Waals surface area contributed by atoms with Gasteiger partial charge in [0, 0.05) is 44.0 Å². The van der Waals surface area contributed by atoms with Crippen molar-refractivity contribution in [2.24, 2.45) is 5.92 Å². The highest BCUT2D eigenvalue weighted by Gasteiger charge is 2.35. The Kier molecular flexibility index (Phi) is 12.3. The molecule has 3 atom stereocenters. The number of alkyl halides is 6. The van der Waals surface area contributed by atoms with E-state index in [4.69, 9.17) is 4.74 Å². The molecule has 0 saturated carbocycles. The molecular weight excluding hydrogens is 714 g/mol. The Balaban J connectivity index is 1.32. The molecule has 0 unspecified atom stereocenters. The monoisotopic (exact) mass is 756 g/mol. The number of carbonyl (C=O) groups excluding carboxylic acids is 2. The van der Waals surface area contributed by atoms with Gasteiger partial charge in [0.05, 0.1) is 41.4 Å². The molecule has 288 valence electrons. The lowest BCUT2D eigenvalue weighted by Crippen LogP contribution is -2.49. The number of nitrogens with one attached hydrogen (secondary N) is 1. The van der Waals surface area contributed by atoms with Gasteiger partial charge >= 0.3 is 12.4 Å². The van der Waals surface area contributed by atoms with Crippen LogP contribution in [0.25, 0.3) is 0 Å². The number of halogens is 6. The van der Waals surface area contributed by atoms with E-state index in [9.17, 15) is 41.0 Å². The van der Waals surface area contributed by atoms with Crippen molar-refractivity contribution in [2.75, 3.05) is 44.0 Å². The molecule has 2 amide bonds. The molecule has 0 fully saturated rings. The fraction of sp³-hybridized carbons (Fsp3) is 0.350. The van der Waals surface area contributed by atoms with Crippen LogP contribution < -0.4 is 15.0 Å². The van der Waals surface area contributed by atoms with Crippen molar-refractivity contribution in [2.45, 2.75) is 51.3 Å². The Morgan fingerprint density at radius 2 is 1.41 bits per heavy atom. The van der Waals surface area contributed by atoms with E-state index in [1.165, 1.54) is 24.3 Å². The Bertz CT molecular complexity index is 1900. The van der Waals surface area contributed by atoms with E-state index in [1.807, 2.05) is 43.1 Å². The first-order valence-electron chi connectivity index (χ1n) is 17.3. The minimum absolute atomic E-state index is 0.152. The second-order valence-electron chi connectivity index (χ2n) is 13.7. The predicted octanol–water partition coefficient (Wildman–Crippen LogP) is 8.03. The molecule has 1 aliphatic rings. The number of hydrogen-bond acceptors (Lipinski definition) is 6. The third-order valence-corrected chi connectivity index (χ3v) is 9.46. The van der Waals surface area contributed by atoms with Crippen LogP contribution in [0.3, 0.4) is 0 Å². The van der Waals surface area contributed by atoms with Gasteiger partial charge in [-0.05, 0) is 85.8 Å². The second kappa shape index (κ2) is 16.5. The number of para-hydroxylation sites is 1. The Morgan fingerprint density at radius 3 is 1.96 bits per heavy atom. The van der Waals surface area contributed by atoms with E-state index in [0.717, 1.165) is 35.5 Å². The molecule has 1 heterocycles. The minimum atomic E-state index is -4.50. The number of likely N-dealkylation sites (N-methyl/N-ethyl adjacent to an activating group) is 1. The van der Waals surface area contributed by atoms with Crippen molar-refractivity contribution in [1.82, 2.24) is 9.80 Å². The first-order valence-corrected chi connectivity index (χ1v) is 17.3. The maximum atomic E-state index is 13.8. The van der Waals surface area contributed by atoms with Crippen molar-refractivity contribution in [3.05, 3.63) is 119 Å². The van der Waals surface area contributed by atoms with Crippen LogP contribution in [0.5, 0.6) is 5.75 Å². The molecule has 0 bridgehead atoms. The summed E-state index contributed by atoms with van der Waals surface area (Å²) in [6, 6.07) is 21.1. The summed E-state index contributed by atoms with van der Waals surface area (Å²) in [4.78, 5) is 32.4. The zero-order valence-corrected chi connectivity index (χ0v) is 30.2. The van der Waals surface area contributed by atoms with Crippen molar-refractivity contribution in [3.63, 3.8) is 0 Å². The lowest BCUT2D eigenvalue weighted by molar-refractivity contribution is -0.138. The number of rotatable bonds is 11. The summed E-state index contributed by atoms with van der Waals surface area (Å²) in [5.41, 5.74) is 1.58. The molecule has 0 radical (unpaired) electrons. The van der Waals surface area contributed by atoms with Crippen LogP contribution in [0.1, 0.15) is 46.5 Å². The predicted molar refractivity (Wildman–Crippen MR) is 194 cm³/mol. The molecular formula is C40H42F6N4O4. The molecule has 2 N–H and O–H groups in total. The molecule has 0 spiro atoms. The van der Waals surface area contributed by atoms with E-state index in [-0.39, 0.29) is 48.4 Å². The molecule has 4 aromatic rings. The van der Waals surface area contributed by atoms with Crippen LogP contribution in [-0.2, 0) is 30.1 Å². The number of anilines is 3. The van der Waals surface area contributed by atoms with Gasteiger partial charge in [0.15, 0.2) is 5.75 Å². The van der Waals surface area contributed by atoms with Crippen molar-refractivity contribution < 1.29 is 45.8 Å². The third-order valence-electron chi connectivity index (χ3n) is 9.46. The van der Waals surface area contributed by atoms with Crippen LogP contribution in [0.2, 0.25) is 0 Å².